The molecule has 0 saturated carbocycles. The topological polar surface area (TPSA) is 138 Å². The number of nitrogens with one attached hydrogen (secondary N) is 2. The quantitative estimate of drug-likeness (QED) is 0.473. The molecule has 0 bridgehead atoms. The van der Waals surface area contributed by atoms with Crippen LogP contribution in [0.4, 0.5) is 33.9 Å². The lowest BCUT2D eigenvalue weighted by Gasteiger charge is -2.33. The zero-order valence-electron chi connectivity index (χ0n) is 21.5. The molecule has 2 aliphatic rings. The van der Waals surface area contributed by atoms with E-state index in [0.717, 1.165) is 29.5 Å². The molecule has 0 radical (unpaired) electrons. The van der Waals surface area contributed by atoms with Gasteiger partial charge in [-0.25, -0.2) is 4.79 Å². The third-order valence-corrected chi connectivity index (χ3v) is 6.82. The molecule has 218 valence electrons. The van der Waals surface area contributed by atoms with Gasteiger partial charge in [0.15, 0.2) is 5.75 Å². The van der Waals surface area contributed by atoms with Gasteiger partial charge >= 0.3 is 12.5 Å². The van der Waals surface area contributed by atoms with Crippen molar-refractivity contribution < 1.29 is 41.8 Å². The molecule has 0 aliphatic carbocycles. The van der Waals surface area contributed by atoms with Crippen LogP contribution >= 0.6 is 11.3 Å². The normalized spacial score (nSPS) is 16.4. The molecule has 0 spiro atoms. The summed E-state index contributed by atoms with van der Waals surface area (Å²) in [4.78, 5) is 42.6. The van der Waals surface area contributed by atoms with Gasteiger partial charge in [-0.05, 0) is 25.1 Å². The number of halogens is 3. The second-order valence-corrected chi connectivity index (χ2v) is 9.67. The summed E-state index contributed by atoms with van der Waals surface area (Å²) in [5, 5.41) is 13.7. The molecule has 2 N–H and O–H groups in total. The van der Waals surface area contributed by atoms with Crippen LogP contribution in [0.5, 0.6) is 5.75 Å². The molecule has 4 rings (SSSR count). The van der Waals surface area contributed by atoms with Crippen molar-refractivity contribution in [1.29, 1.82) is 0 Å². The maximum absolute atomic E-state index is 12.9. The lowest BCUT2D eigenvalue weighted by molar-refractivity contribution is -0.274. The fraction of sp³-hybridized carbons (Fsp3) is 0.522. The molecule has 0 atom stereocenters. The van der Waals surface area contributed by atoms with Gasteiger partial charge < -0.3 is 29.3 Å². The highest BCUT2D eigenvalue weighted by Gasteiger charge is 2.33. The predicted molar refractivity (Wildman–Crippen MR) is 138 cm³/mol. The fourth-order valence-electron chi connectivity index (χ4n) is 3.99. The van der Waals surface area contributed by atoms with Gasteiger partial charge in [-0.3, -0.25) is 19.8 Å². The zero-order valence-corrected chi connectivity index (χ0v) is 22.3. The van der Waals surface area contributed by atoms with Crippen molar-refractivity contribution in [1.82, 2.24) is 20.0 Å². The lowest BCUT2D eigenvalue weighted by atomic mass is 10.1. The Morgan fingerprint density at radius 3 is 2.45 bits per heavy atom. The van der Waals surface area contributed by atoms with E-state index in [1.54, 1.807) is 16.7 Å². The summed E-state index contributed by atoms with van der Waals surface area (Å²) >= 11 is 1.11. The van der Waals surface area contributed by atoms with Crippen LogP contribution in [0.2, 0.25) is 0 Å². The van der Waals surface area contributed by atoms with Crippen LogP contribution in [0, 0.1) is 0 Å². The molecule has 2 saturated heterocycles. The average molecular weight is 588 g/mol. The number of hydrogen-bond acceptors (Lipinski definition) is 11. The third-order valence-electron chi connectivity index (χ3n) is 5.92. The first-order chi connectivity index (χ1) is 19.1. The number of morpholine rings is 1. The van der Waals surface area contributed by atoms with Crippen molar-refractivity contribution in [3.05, 3.63) is 23.8 Å². The van der Waals surface area contributed by atoms with E-state index in [9.17, 15) is 27.6 Å². The van der Waals surface area contributed by atoms with E-state index >= 15 is 0 Å². The number of anilines is 3. The van der Waals surface area contributed by atoms with E-state index in [2.05, 4.69) is 25.6 Å². The van der Waals surface area contributed by atoms with E-state index in [1.165, 1.54) is 0 Å². The first kappa shape index (κ1) is 29.3. The van der Waals surface area contributed by atoms with Crippen LogP contribution in [0.25, 0.3) is 0 Å². The van der Waals surface area contributed by atoms with Crippen LogP contribution in [-0.4, -0.2) is 110 Å². The number of rotatable bonds is 8. The molecule has 2 fully saturated rings. The Bertz CT molecular complexity index is 1200. The minimum Gasteiger partial charge on any atom is -0.450 e. The highest BCUT2D eigenvalue weighted by atomic mass is 32.1. The molecule has 0 unspecified atom stereocenters. The molecule has 3 heterocycles. The largest absolute Gasteiger partial charge is 0.573 e. The SMILES string of the molecule is CCOC(=O)N1CCN(c2nnc(NC(=O)c3ccc(OC(F)(F)F)c(NC(=O)CN4CCOCC4)c3)s2)CC1. The first-order valence-electron chi connectivity index (χ1n) is 12.4. The van der Waals surface area contributed by atoms with Crippen LogP contribution in [-0.2, 0) is 14.3 Å². The minimum absolute atomic E-state index is 0.0315. The number of benzene rings is 1. The number of alkyl halides is 3. The number of aromatic nitrogens is 2. The van der Waals surface area contributed by atoms with Crippen LogP contribution in [0.15, 0.2) is 18.2 Å². The van der Waals surface area contributed by atoms with Crippen LogP contribution in [0.1, 0.15) is 17.3 Å². The highest BCUT2D eigenvalue weighted by Crippen LogP contribution is 2.32. The number of piperazine rings is 1. The first-order valence-corrected chi connectivity index (χ1v) is 13.2. The Morgan fingerprint density at radius 1 is 1.05 bits per heavy atom. The summed E-state index contributed by atoms with van der Waals surface area (Å²) in [5.74, 6) is -1.89. The Labute approximate surface area is 231 Å². The second-order valence-electron chi connectivity index (χ2n) is 8.71. The average Bonchev–Trinajstić information content (AvgIpc) is 3.38. The van der Waals surface area contributed by atoms with Gasteiger partial charge in [0.05, 0.1) is 32.1 Å². The van der Waals surface area contributed by atoms with Crippen molar-refractivity contribution in [3.8, 4) is 5.75 Å². The molecular weight excluding hydrogens is 559 g/mol. The van der Waals surface area contributed by atoms with Crippen LogP contribution < -0.4 is 20.3 Å². The molecule has 3 amide bonds. The van der Waals surface area contributed by atoms with Gasteiger partial charge in [0.1, 0.15) is 0 Å². The van der Waals surface area contributed by atoms with E-state index in [-0.39, 0.29) is 29.0 Å². The van der Waals surface area contributed by atoms with Gasteiger partial charge in [0, 0.05) is 44.8 Å². The Kier molecular flexibility index (Phi) is 9.59. The second kappa shape index (κ2) is 13.1. The number of ether oxygens (including phenoxy) is 3. The van der Waals surface area contributed by atoms with E-state index in [4.69, 9.17) is 9.47 Å². The summed E-state index contributed by atoms with van der Waals surface area (Å²) in [6.07, 6.45) is -5.38. The number of carbonyl (C=O) groups is 3. The van der Waals surface area contributed by atoms with Gasteiger partial charge in [-0.2, -0.15) is 0 Å². The van der Waals surface area contributed by atoms with E-state index in [0.29, 0.717) is 64.2 Å². The minimum atomic E-state index is -5.00. The van der Waals surface area contributed by atoms with Crippen molar-refractivity contribution in [2.75, 3.05) is 81.2 Å². The molecule has 1 aromatic carbocycles. The maximum atomic E-state index is 12.9. The van der Waals surface area contributed by atoms with Crippen molar-refractivity contribution >= 4 is 45.2 Å². The summed E-state index contributed by atoms with van der Waals surface area (Å²) in [6, 6.07) is 3.20. The molecule has 1 aromatic heterocycles. The van der Waals surface area contributed by atoms with Crippen LogP contribution in [0.3, 0.4) is 0 Å². The standard InChI is InChI=1S/C23H28F3N7O6S/c1-2-38-22(36)33-7-5-32(6-8-33)21-30-29-20(40-21)28-19(35)15-3-4-17(39-23(24,25)26)16(13-15)27-18(34)14-31-9-11-37-12-10-31/h3-4,13H,2,5-12,14H2,1H3,(H,27,34)(H,28,29,35). The van der Waals surface area contributed by atoms with E-state index < -0.39 is 23.9 Å². The molecule has 2 aromatic rings. The third kappa shape index (κ3) is 8.15. The Hall–Kier alpha value is -3.70. The van der Waals surface area contributed by atoms with Gasteiger partial charge in [0.2, 0.25) is 16.2 Å². The molecule has 2 aliphatic heterocycles. The molecule has 13 nitrogen and oxygen atoms in total. The predicted octanol–water partition coefficient (Wildman–Crippen LogP) is 2.24. The number of carbonyl (C=O) groups excluding carboxylic acids is 3. The van der Waals surface area contributed by atoms with E-state index in [1.807, 2.05) is 4.90 Å². The number of hydrogen-bond donors (Lipinski definition) is 2. The molecule has 17 heteroatoms. The highest BCUT2D eigenvalue weighted by molar-refractivity contribution is 7.19. The smallest absolute Gasteiger partial charge is 0.450 e. The van der Waals surface area contributed by atoms with Crippen molar-refractivity contribution in [2.45, 2.75) is 13.3 Å². The van der Waals surface area contributed by atoms with Gasteiger partial charge in [-0.1, -0.05) is 11.3 Å². The number of amides is 3. The maximum Gasteiger partial charge on any atom is 0.573 e. The molecular formula is C23H28F3N7O6S. The summed E-state index contributed by atoms with van der Waals surface area (Å²) in [5.41, 5.74) is -0.336. The van der Waals surface area contributed by atoms with Gasteiger partial charge in [0.25, 0.3) is 5.91 Å². The summed E-state index contributed by atoms with van der Waals surface area (Å²) in [7, 11) is 0. The summed E-state index contributed by atoms with van der Waals surface area (Å²) < 4.78 is 53.1. The Morgan fingerprint density at radius 2 is 1.77 bits per heavy atom. The van der Waals surface area contributed by atoms with Crippen molar-refractivity contribution in [2.24, 2.45) is 0 Å². The van der Waals surface area contributed by atoms with Crippen molar-refractivity contribution in [3.63, 3.8) is 0 Å². The summed E-state index contributed by atoms with van der Waals surface area (Å²) in [6.45, 7) is 5.74. The monoisotopic (exact) mass is 587 g/mol. The number of nitrogens with zero attached hydrogens (tertiary/aromatic N) is 5. The fourth-order valence-corrected chi connectivity index (χ4v) is 4.78. The van der Waals surface area contributed by atoms with Gasteiger partial charge in [-0.15, -0.1) is 23.4 Å². The molecule has 40 heavy (non-hydrogen) atoms. The Balaban J connectivity index is 1.40. The zero-order chi connectivity index (χ0) is 28.7. The lowest BCUT2D eigenvalue weighted by Crippen LogP contribution is -2.49.